The molecule has 2 aromatic rings. The van der Waals surface area contributed by atoms with E-state index in [1.54, 1.807) is 35.2 Å². The molecule has 1 fully saturated rings. The van der Waals surface area contributed by atoms with Gasteiger partial charge >= 0.3 is 0 Å². The molecule has 3 rings (SSSR count). The van der Waals surface area contributed by atoms with Crippen molar-refractivity contribution in [3.63, 3.8) is 0 Å². The second-order valence-corrected chi connectivity index (χ2v) is 6.15. The molecule has 0 bridgehead atoms. The summed E-state index contributed by atoms with van der Waals surface area (Å²) >= 11 is 0. The van der Waals surface area contributed by atoms with Crippen LogP contribution >= 0.6 is 0 Å². The highest BCUT2D eigenvalue weighted by Crippen LogP contribution is 2.13. The molecule has 5 heteroatoms. The summed E-state index contributed by atoms with van der Waals surface area (Å²) in [5.74, 6) is -1.22. The van der Waals surface area contributed by atoms with E-state index in [4.69, 9.17) is 0 Å². The average Bonchev–Trinajstić information content (AvgIpc) is 3.00. The number of carbonyl (C=O) groups is 3. The topological polar surface area (TPSA) is 66.5 Å². The lowest BCUT2D eigenvalue weighted by Gasteiger charge is -2.17. The number of likely N-dealkylation sites (tertiary alicyclic amines) is 1. The molecular formula is C20H20N2O3. The summed E-state index contributed by atoms with van der Waals surface area (Å²) in [6.07, 6.45) is 1.01. The molecule has 0 radical (unpaired) electrons. The van der Waals surface area contributed by atoms with Crippen LogP contribution in [0.4, 0.5) is 0 Å². The molecule has 25 heavy (non-hydrogen) atoms. The zero-order valence-electron chi connectivity index (χ0n) is 13.9. The SMILES string of the molecule is O=C(NC1CC(=O)N(CCc2ccccc2)C1)C(=O)c1ccccc1. The minimum absolute atomic E-state index is 0.00777. The van der Waals surface area contributed by atoms with Crippen LogP contribution in [0.1, 0.15) is 22.3 Å². The number of nitrogens with one attached hydrogen (secondary N) is 1. The van der Waals surface area contributed by atoms with Gasteiger partial charge in [-0.15, -0.1) is 0 Å². The summed E-state index contributed by atoms with van der Waals surface area (Å²) in [6, 6.07) is 18.1. The van der Waals surface area contributed by atoms with Crippen LogP contribution in [-0.2, 0) is 16.0 Å². The van der Waals surface area contributed by atoms with Gasteiger partial charge in [-0.25, -0.2) is 0 Å². The van der Waals surface area contributed by atoms with Gasteiger partial charge in [-0.3, -0.25) is 14.4 Å². The summed E-state index contributed by atoms with van der Waals surface area (Å²) in [5, 5.41) is 2.68. The molecule has 1 heterocycles. The van der Waals surface area contributed by atoms with Gasteiger partial charge in [0.15, 0.2) is 0 Å². The number of hydrogen-bond donors (Lipinski definition) is 1. The summed E-state index contributed by atoms with van der Waals surface area (Å²) in [6.45, 7) is 1.06. The quantitative estimate of drug-likeness (QED) is 0.646. The van der Waals surface area contributed by atoms with Gasteiger partial charge in [-0.2, -0.15) is 0 Å². The van der Waals surface area contributed by atoms with Crippen molar-refractivity contribution in [2.45, 2.75) is 18.9 Å². The standard InChI is InChI=1S/C20H20N2O3/c23-18-13-17(14-22(18)12-11-15-7-3-1-4-8-15)21-20(25)19(24)16-9-5-2-6-10-16/h1-10,17H,11-14H2,(H,21,25). The first-order valence-corrected chi connectivity index (χ1v) is 8.35. The maximum Gasteiger partial charge on any atom is 0.292 e. The number of carbonyl (C=O) groups excluding carboxylic acids is 3. The first-order chi connectivity index (χ1) is 12.1. The van der Waals surface area contributed by atoms with Crippen LogP contribution in [0.5, 0.6) is 0 Å². The Hall–Kier alpha value is -2.95. The summed E-state index contributed by atoms with van der Waals surface area (Å²) in [7, 11) is 0. The molecule has 0 aromatic heterocycles. The third-order valence-corrected chi connectivity index (χ3v) is 4.31. The van der Waals surface area contributed by atoms with Crippen molar-refractivity contribution in [2.75, 3.05) is 13.1 Å². The molecule has 1 unspecified atom stereocenters. The Labute approximate surface area is 146 Å². The average molecular weight is 336 g/mol. The van der Waals surface area contributed by atoms with Gasteiger partial charge in [-0.05, 0) is 12.0 Å². The van der Waals surface area contributed by atoms with E-state index in [1.165, 1.54) is 5.56 Å². The molecule has 1 aliphatic rings. The van der Waals surface area contributed by atoms with Gasteiger partial charge in [-0.1, -0.05) is 60.7 Å². The van der Waals surface area contributed by atoms with E-state index in [-0.39, 0.29) is 18.4 Å². The van der Waals surface area contributed by atoms with Crippen molar-refractivity contribution in [1.82, 2.24) is 10.2 Å². The van der Waals surface area contributed by atoms with E-state index in [2.05, 4.69) is 5.32 Å². The van der Waals surface area contributed by atoms with Crippen LogP contribution in [0.2, 0.25) is 0 Å². The summed E-state index contributed by atoms with van der Waals surface area (Å²) < 4.78 is 0. The van der Waals surface area contributed by atoms with Gasteiger partial charge in [0.25, 0.3) is 5.91 Å². The molecule has 1 saturated heterocycles. The third-order valence-electron chi connectivity index (χ3n) is 4.31. The summed E-state index contributed by atoms with van der Waals surface area (Å²) in [5.41, 5.74) is 1.52. The lowest BCUT2D eigenvalue weighted by atomic mass is 10.1. The first kappa shape index (κ1) is 16.9. The number of hydrogen-bond acceptors (Lipinski definition) is 3. The third kappa shape index (κ3) is 4.32. The number of Topliss-reactive ketones (excluding diaryl/α,β-unsaturated/α-hetero) is 1. The largest absolute Gasteiger partial charge is 0.344 e. The van der Waals surface area contributed by atoms with E-state index >= 15 is 0 Å². The fraction of sp³-hybridized carbons (Fsp3) is 0.250. The molecule has 0 aliphatic carbocycles. The molecule has 2 amide bonds. The number of benzene rings is 2. The fourth-order valence-corrected chi connectivity index (χ4v) is 2.97. The second-order valence-electron chi connectivity index (χ2n) is 6.15. The minimum atomic E-state index is -0.658. The first-order valence-electron chi connectivity index (χ1n) is 8.35. The van der Waals surface area contributed by atoms with Gasteiger partial charge in [0.1, 0.15) is 0 Å². The van der Waals surface area contributed by atoms with Crippen LogP contribution in [0.3, 0.4) is 0 Å². The number of rotatable bonds is 6. The predicted octanol–water partition coefficient (Wildman–Crippen LogP) is 1.83. The smallest absolute Gasteiger partial charge is 0.292 e. The van der Waals surface area contributed by atoms with Crippen LogP contribution in [0.15, 0.2) is 60.7 Å². The molecule has 128 valence electrons. The lowest BCUT2D eigenvalue weighted by Crippen LogP contribution is -2.41. The molecule has 1 aliphatic heterocycles. The lowest BCUT2D eigenvalue weighted by molar-refractivity contribution is -0.127. The van der Waals surface area contributed by atoms with Crippen molar-refractivity contribution >= 4 is 17.6 Å². The van der Waals surface area contributed by atoms with E-state index < -0.39 is 11.7 Å². The van der Waals surface area contributed by atoms with E-state index in [0.717, 1.165) is 6.42 Å². The summed E-state index contributed by atoms with van der Waals surface area (Å²) in [4.78, 5) is 38.1. The van der Waals surface area contributed by atoms with Crippen molar-refractivity contribution in [3.8, 4) is 0 Å². The Morgan fingerprint density at radius 1 is 1.00 bits per heavy atom. The number of ketones is 1. The highest BCUT2D eigenvalue weighted by molar-refractivity contribution is 6.42. The van der Waals surface area contributed by atoms with Crippen molar-refractivity contribution in [1.29, 1.82) is 0 Å². The van der Waals surface area contributed by atoms with Crippen LogP contribution < -0.4 is 5.32 Å². The maximum atomic E-state index is 12.1. The zero-order chi connectivity index (χ0) is 17.6. The van der Waals surface area contributed by atoms with Crippen molar-refractivity contribution in [2.24, 2.45) is 0 Å². The van der Waals surface area contributed by atoms with Gasteiger partial charge in [0.05, 0.1) is 6.04 Å². The molecular weight excluding hydrogens is 316 g/mol. The number of nitrogens with zero attached hydrogens (tertiary/aromatic N) is 1. The highest BCUT2D eigenvalue weighted by atomic mass is 16.2. The predicted molar refractivity (Wildman–Crippen MR) is 94.0 cm³/mol. The number of amides is 2. The monoisotopic (exact) mass is 336 g/mol. The van der Waals surface area contributed by atoms with Crippen LogP contribution in [0, 0.1) is 0 Å². The van der Waals surface area contributed by atoms with Crippen molar-refractivity contribution < 1.29 is 14.4 Å². The highest BCUT2D eigenvalue weighted by Gasteiger charge is 2.31. The Bertz CT molecular complexity index is 759. The van der Waals surface area contributed by atoms with Gasteiger partial charge < -0.3 is 10.2 Å². The van der Waals surface area contributed by atoms with Crippen LogP contribution in [-0.4, -0.2) is 41.6 Å². The van der Waals surface area contributed by atoms with E-state index in [1.807, 2.05) is 30.3 Å². The van der Waals surface area contributed by atoms with Crippen LogP contribution in [0.25, 0.3) is 0 Å². The molecule has 5 nitrogen and oxygen atoms in total. The Morgan fingerprint density at radius 3 is 2.32 bits per heavy atom. The molecule has 1 N–H and O–H groups in total. The van der Waals surface area contributed by atoms with E-state index in [0.29, 0.717) is 18.7 Å². The van der Waals surface area contributed by atoms with Gasteiger partial charge in [0.2, 0.25) is 11.7 Å². The van der Waals surface area contributed by atoms with Gasteiger partial charge in [0, 0.05) is 25.1 Å². The Kier molecular flexibility index (Phi) is 5.23. The molecule has 2 aromatic carbocycles. The second kappa shape index (κ2) is 7.75. The Balaban J connectivity index is 1.52. The fourth-order valence-electron chi connectivity index (χ4n) is 2.97. The Morgan fingerprint density at radius 2 is 1.64 bits per heavy atom. The van der Waals surface area contributed by atoms with E-state index in [9.17, 15) is 14.4 Å². The zero-order valence-corrected chi connectivity index (χ0v) is 13.9. The molecule has 0 saturated carbocycles. The molecule has 0 spiro atoms. The normalized spacial score (nSPS) is 16.7. The maximum absolute atomic E-state index is 12.1. The minimum Gasteiger partial charge on any atom is -0.344 e. The molecule has 1 atom stereocenters. The van der Waals surface area contributed by atoms with Crippen molar-refractivity contribution in [3.05, 3.63) is 71.8 Å².